The van der Waals surface area contributed by atoms with Gasteiger partial charge in [-0.3, -0.25) is 0 Å². The van der Waals surface area contributed by atoms with Gasteiger partial charge in [0.1, 0.15) is 0 Å². The van der Waals surface area contributed by atoms with Gasteiger partial charge < -0.3 is 9.30 Å². The van der Waals surface area contributed by atoms with Gasteiger partial charge in [0.05, 0.1) is 5.52 Å². The smallest absolute Gasteiger partial charge is 0.354 e. The molecule has 0 spiro atoms. The summed E-state index contributed by atoms with van der Waals surface area (Å²) in [5, 5.41) is 4.76. The maximum absolute atomic E-state index is 13.5. The molecule has 3 heteroatoms. The van der Waals surface area contributed by atoms with E-state index in [-0.39, 0.29) is 0 Å². The second-order valence-corrected chi connectivity index (χ2v) is 5.26. The molecule has 0 bridgehead atoms. The molecule has 4 rings (SSSR count). The summed E-state index contributed by atoms with van der Waals surface area (Å²) in [6.45, 7) is 0.627. The van der Waals surface area contributed by atoms with Crippen molar-refractivity contribution in [2.24, 2.45) is 0 Å². The number of benzene rings is 3. The summed E-state index contributed by atoms with van der Waals surface area (Å²) >= 11 is 0. The highest BCUT2D eigenvalue weighted by Gasteiger charge is 2.12. The van der Waals surface area contributed by atoms with E-state index in [1.54, 1.807) is 6.82 Å². The third-order valence-corrected chi connectivity index (χ3v) is 3.98. The molecule has 1 N–H and O–H groups in total. The Morgan fingerprint density at radius 2 is 1.70 bits per heavy atom. The molecule has 3 aromatic carbocycles. The van der Waals surface area contributed by atoms with Crippen LogP contribution in [0.15, 0.2) is 54.6 Å². The van der Waals surface area contributed by atoms with Crippen molar-refractivity contribution in [1.29, 1.82) is 0 Å². The molecular formula is C17H13BFN. The number of aromatic nitrogens is 1. The Bertz CT molecular complexity index is 940. The minimum atomic E-state index is -0.942. The van der Waals surface area contributed by atoms with Crippen LogP contribution in [-0.2, 0) is 0 Å². The summed E-state index contributed by atoms with van der Waals surface area (Å²) in [4.78, 5) is 3.45. The molecule has 0 atom stereocenters. The van der Waals surface area contributed by atoms with Crippen LogP contribution in [0.4, 0.5) is 4.32 Å². The Labute approximate surface area is 116 Å². The number of nitrogens with one attached hydrogen (secondary N) is 1. The molecule has 0 aliphatic heterocycles. The molecule has 20 heavy (non-hydrogen) atoms. The summed E-state index contributed by atoms with van der Waals surface area (Å²) in [6.07, 6.45) is 0. The van der Waals surface area contributed by atoms with Crippen molar-refractivity contribution in [3.05, 3.63) is 54.6 Å². The van der Waals surface area contributed by atoms with Crippen LogP contribution in [0.25, 0.3) is 32.6 Å². The Balaban J connectivity index is 2.15. The molecular weight excluding hydrogens is 248 g/mol. The largest absolute Gasteiger partial charge is 0.377 e. The van der Waals surface area contributed by atoms with Crippen LogP contribution < -0.4 is 5.46 Å². The zero-order valence-electron chi connectivity index (χ0n) is 11.2. The van der Waals surface area contributed by atoms with E-state index in [2.05, 4.69) is 29.2 Å². The first-order valence-electron chi connectivity index (χ1n) is 6.81. The molecule has 1 aromatic heterocycles. The number of hydrogen-bond acceptors (Lipinski definition) is 0. The number of hydrogen-bond donors (Lipinski definition) is 1. The molecule has 0 saturated heterocycles. The molecule has 0 unspecified atom stereocenters. The number of fused-ring (bicyclic) bond motifs is 5. The van der Waals surface area contributed by atoms with E-state index >= 15 is 0 Å². The Morgan fingerprint density at radius 3 is 2.55 bits per heavy atom. The maximum Gasteiger partial charge on any atom is 0.377 e. The van der Waals surface area contributed by atoms with Crippen molar-refractivity contribution in [3.63, 3.8) is 0 Å². The monoisotopic (exact) mass is 261 g/mol. The second-order valence-electron chi connectivity index (χ2n) is 5.26. The van der Waals surface area contributed by atoms with E-state index in [4.69, 9.17) is 0 Å². The average Bonchev–Trinajstić information content (AvgIpc) is 2.85. The first-order chi connectivity index (χ1) is 9.74. The predicted molar refractivity (Wildman–Crippen MR) is 85.7 cm³/mol. The predicted octanol–water partition coefficient (Wildman–Crippen LogP) is 4.27. The van der Waals surface area contributed by atoms with Gasteiger partial charge in [-0.15, -0.1) is 0 Å². The van der Waals surface area contributed by atoms with E-state index in [0.717, 1.165) is 16.4 Å². The van der Waals surface area contributed by atoms with Gasteiger partial charge >= 0.3 is 6.99 Å². The summed E-state index contributed by atoms with van der Waals surface area (Å²) in [7, 11) is 0. The summed E-state index contributed by atoms with van der Waals surface area (Å²) in [6, 6.07) is 18.4. The highest BCUT2D eigenvalue weighted by atomic mass is 19.1. The maximum atomic E-state index is 13.5. The summed E-state index contributed by atoms with van der Waals surface area (Å²) < 4.78 is 13.5. The van der Waals surface area contributed by atoms with Crippen molar-refractivity contribution in [3.8, 4) is 0 Å². The fourth-order valence-corrected chi connectivity index (χ4v) is 2.91. The molecule has 1 heterocycles. The van der Waals surface area contributed by atoms with Gasteiger partial charge in [0.2, 0.25) is 0 Å². The zero-order valence-corrected chi connectivity index (χ0v) is 11.2. The molecule has 0 aliphatic rings. The Hall–Kier alpha value is -2.29. The number of halogens is 1. The average molecular weight is 261 g/mol. The van der Waals surface area contributed by atoms with Gasteiger partial charge in [0.15, 0.2) is 0 Å². The molecule has 0 aliphatic carbocycles. The quantitative estimate of drug-likeness (QED) is 0.492. The normalized spacial score (nSPS) is 11.5. The van der Waals surface area contributed by atoms with E-state index in [0.29, 0.717) is 5.46 Å². The van der Waals surface area contributed by atoms with Crippen molar-refractivity contribution < 1.29 is 4.32 Å². The molecule has 0 amide bonds. The van der Waals surface area contributed by atoms with Gasteiger partial charge in [-0.25, -0.2) is 0 Å². The fourth-order valence-electron chi connectivity index (χ4n) is 2.91. The van der Waals surface area contributed by atoms with Crippen LogP contribution in [0.5, 0.6) is 0 Å². The highest BCUT2D eigenvalue weighted by molar-refractivity contribution is 6.65. The lowest BCUT2D eigenvalue weighted by atomic mass is 9.67. The van der Waals surface area contributed by atoms with Gasteiger partial charge in [0.25, 0.3) is 0 Å². The third-order valence-electron chi connectivity index (χ3n) is 3.98. The number of rotatable bonds is 1. The minimum absolute atomic E-state index is 0.716. The van der Waals surface area contributed by atoms with Crippen LogP contribution in [0.3, 0.4) is 0 Å². The second kappa shape index (κ2) is 4.10. The first kappa shape index (κ1) is 11.5. The molecule has 4 aromatic rings. The molecule has 0 saturated carbocycles. The lowest BCUT2D eigenvalue weighted by molar-refractivity contribution is 0.856. The molecule has 0 radical (unpaired) electrons. The lowest BCUT2D eigenvalue weighted by Crippen LogP contribution is -2.20. The van der Waals surface area contributed by atoms with Gasteiger partial charge in [-0.05, 0) is 23.7 Å². The Morgan fingerprint density at radius 1 is 0.900 bits per heavy atom. The van der Waals surface area contributed by atoms with Gasteiger partial charge in [-0.2, -0.15) is 0 Å². The van der Waals surface area contributed by atoms with Crippen LogP contribution in [0.1, 0.15) is 0 Å². The van der Waals surface area contributed by atoms with Gasteiger partial charge in [0, 0.05) is 21.7 Å². The molecule has 0 fully saturated rings. The lowest BCUT2D eigenvalue weighted by Gasteiger charge is -1.99. The minimum Gasteiger partial charge on any atom is -0.354 e. The van der Waals surface area contributed by atoms with Gasteiger partial charge in [-0.1, -0.05) is 48.5 Å². The van der Waals surface area contributed by atoms with Crippen molar-refractivity contribution >= 4 is 45.0 Å². The number of aromatic amines is 1. The van der Waals surface area contributed by atoms with Crippen LogP contribution in [0.2, 0.25) is 6.82 Å². The van der Waals surface area contributed by atoms with Crippen LogP contribution in [-0.4, -0.2) is 12.0 Å². The fraction of sp³-hybridized carbons (Fsp3) is 0.0588. The van der Waals surface area contributed by atoms with E-state index in [1.807, 2.05) is 30.3 Å². The van der Waals surface area contributed by atoms with E-state index < -0.39 is 6.99 Å². The van der Waals surface area contributed by atoms with Crippen LogP contribution >= 0.6 is 0 Å². The van der Waals surface area contributed by atoms with Crippen molar-refractivity contribution in [2.45, 2.75) is 6.82 Å². The summed E-state index contributed by atoms with van der Waals surface area (Å²) in [5.41, 5.74) is 2.84. The summed E-state index contributed by atoms with van der Waals surface area (Å²) in [5.74, 6) is 0. The zero-order chi connectivity index (χ0) is 13.7. The van der Waals surface area contributed by atoms with Crippen molar-refractivity contribution in [1.82, 2.24) is 4.98 Å². The van der Waals surface area contributed by atoms with Crippen LogP contribution in [0, 0.1) is 0 Å². The van der Waals surface area contributed by atoms with E-state index in [9.17, 15) is 4.32 Å². The Kier molecular flexibility index (Phi) is 2.37. The third kappa shape index (κ3) is 1.56. The SMILES string of the molecule is CB(F)c1ccc2c(c1)[nH]c1c3ccccc3ccc21. The molecule has 1 nitrogen and oxygen atoms in total. The van der Waals surface area contributed by atoms with E-state index in [1.165, 1.54) is 16.2 Å². The topological polar surface area (TPSA) is 15.8 Å². The standard InChI is InChI=1S/C17H13BFN/c1-18(19)12-7-9-14-15-8-6-11-4-2-3-5-13(11)17(15)20-16(14)10-12/h2-10,20H,1H3. The van der Waals surface area contributed by atoms with Crippen molar-refractivity contribution in [2.75, 3.05) is 0 Å². The highest BCUT2D eigenvalue weighted by Crippen LogP contribution is 2.30. The molecule has 96 valence electrons. The first-order valence-corrected chi connectivity index (χ1v) is 6.81. The number of H-pyrrole nitrogens is 1.